The Labute approximate surface area is 105 Å². The van der Waals surface area contributed by atoms with Crippen molar-refractivity contribution < 1.29 is 9.57 Å². The van der Waals surface area contributed by atoms with Crippen LogP contribution in [0.4, 0.5) is 0 Å². The molecule has 0 saturated carbocycles. The zero-order valence-electron chi connectivity index (χ0n) is 9.09. The van der Waals surface area contributed by atoms with Crippen LogP contribution >= 0.6 is 23.2 Å². The maximum absolute atomic E-state index is 6.17. The van der Waals surface area contributed by atoms with Crippen LogP contribution in [0.15, 0.2) is 12.1 Å². The number of halogens is 2. The van der Waals surface area contributed by atoms with E-state index < -0.39 is 0 Å². The maximum Gasteiger partial charge on any atom is 0.127 e. The predicted octanol–water partition coefficient (Wildman–Crippen LogP) is 3.36. The van der Waals surface area contributed by atoms with Crippen molar-refractivity contribution in [2.45, 2.75) is 25.5 Å². The van der Waals surface area contributed by atoms with Gasteiger partial charge in [0.15, 0.2) is 0 Å². The molecule has 0 bridgehead atoms. The third kappa shape index (κ3) is 2.00. The fraction of sp³-hybridized carbons (Fsp3) is 0.455. The molecule has 0 fully saturated rings. The van der Waals surface area contributed by atoms with Crippen LogP contribution < -0.4 is 10.2 Å². The van der Waals surface area contributed by atoms with Gasteiger partial charge in [-0.1, -0.05) is 30.1 Å². The highest BCUT2D eigenvalue weighted by Gasteiger charge is 2.35. The third-order valence-corrected chi connectivity index (χ3v) is 3.20. The van der Waals surface area contributed by atoms with Crippen LogP contribution in [-0.2, 0) is 4.84 Å². The standard InChI is InChI=1S/C11H13Cl2NO2/c1-3-8-11(14-15-2)10-7(13)4-6(12)5-9(10)16-8/h4-5,8,11,14H,3H2,1-2H3. The van der Waals surface area contributed by atoms with E-state index in [9.17, 15) is 0 Å². The highest BCUT2D eigenvalue weighted by molar-refractivity contribution is 6.35. The Kier molecular flexibility index (Phi) is 3.60. The van der Waals surface area contributed by atoms with E-state index in [-0.39, 0.29) is 12.1 Å². The van der Waals surface area contributed by atoms with E-state index in [1.807, 2.05) is 0 Å². The molecule has 3 nitrogen and oxygen atoms in total. The van der Waals surface area contributed by atoms with E-state index in [0.717, 1.165) is 17.7 Å². The van der Waals surface area contributed by atoms with Gasteiger partial charge in [-0.05, 0) is 18.6 Å². The summed E-state index contributed by atoms with van der Waals surface area (Å²) in [5, 5.41) is 1.18. The van der Waals surface area contributed by atoms with Gasteiger partial charge in [0.05, 0.1) is 18.2 Å². The van der Waals surface area contributed by atoms with Gasteiger partial charge >= 0.3 is 0 Å². The minimum atomic E-state index is -0.0465. The van der Waals surface area contributed by atoms with Gasteiger partial charge in [0.1, 0.15) is 11.9 Å². The summed E-state index contributed by atoms with van der Waals surface area (Å²) in [6.07, 6.45) is 0.884. The van der Waals surface area contributed by atoms with E-state index in [1.165, 1.54) is 0 Å². The quantitative estimate of drug-likeness (QED) is 0.847. The average molecular weight is 262 g/mol. The van der Waals surface area contributed by atoms with Crippen LogP contribution in [0, 0.1) is 0 Å². The summed E-state index contributed by atoms with van der Waals surface area (Å²) in [6, 6.07) is 3.45. The normalized spacial score (nSPS) is 23.0. The van der Waals surface area contributed by atoms with E-state index in [2.05, 4.69) is 12.4 Å². The number of benzene rings is 1. The summed E-state index contributed by atoms with van der Waals surface area (Å²) in [4.78, 5) is 4.98. The molecule has 1 aromatic carbocycles. The van der Waals surface area contributed by atoms with Crippen LogP contribution in [0.3, 0.4) is 0 Å². The molecule has 0 radical (unpaired) electrons. The Hall–Kier alpha value is -0.480. The van der Waals surface area contributed by atoms with Crippen LogP contribution in [-0.4, -0.2) is 13.2 Å². The smallest absolute Gasteiger partial charge is 0.127 e. The number of fused-ring (bicyclic) bond motifs is 1. The molecule has 2 atom stereocenters. The molecule has 16 heavy (non-hydrogen) atoms. The first kappa shape index (κ1) is 12.0. The summed E-state index contributed by atoms with van der Waals surface area (Å²) >= 11 is 12.1. The minimum Gasteiger partial charge on any atom is -0.488 e. The molecular formula is C11H13Cl2NO2. The van der Waals surface area contributed by atoms with E-state index in [1.54, 1.807) is 19.2 Å². The number of hydrogen-bond acceptors (Lipinski definition) is 3. The lowest BCUT2D eigenvalue weighted by molar-refractivity contribution is 0.0284. The zero-order chi connectivity index (χ0) is 11.7. The van der Waals surface area contributed by atoms with Gasteiger partial charge in [0.25, 0.3) is 0 Å². The Morgan fingerprint density at radius 2 is 2.19 bits per heavy atom. The molecule has 0 saturated heterocycles. The number of hydrogen-bond donors (Lipinski definition) is 1. The zero-order valence-corrected chi connectivity index (χ0v) is 10.6. The molecule has 5 heteroatoms. The predicted molar refractivity (Wildman–Crippen MR) is 64.1 cm³/mol. The third-order valence-electron chi connectivity index (χ3n) is 2.66. The molecule has 0 aromatic heterocycles. The molecule has 2 unspecified atom stereocenters. The SMILES string of the molecule is CCC1Oc2cc(Cl)cc(Cl)c2C1NOC. The fourth-order valence-electron chi connectivity index (χ4n) is 1.96. The summed E-state index contributed by atoms with van der Waals surface area (Å²) < 4.78 is 5.77. The van der Waals surface area contributed by atoms with Gasteiger partial charge in [0, 0.05) is 10.6 Å². The first-order valence-electron chi connectivity index (χ1n) is 5.11. The highest BCUT2D eigenvalue weighted by atomic mass is 35.5. The highest BCUT2D eigenvalue weighted by Crippen LogP contribution is 2.43. The van der Waals surface area contributed by atoms with Gasteiger partial charge in [-0.2, -0.15) is 5.48 Å². The lowest BCUT2D eigenvalue weighted by atomic mass is 10.0. The van der Waals surface area contributed by atoms with Crippen molar-refractivity contribution >= 4 is 23.2 Å². The number of hydroxylamine groups is 1. The van der Waals surface area contributed by atoms with Crippen LogP contribution in [0.2, 0.25) is 10.0 Å². The summed E-state index contributed by atoms with van der Waals surface area (Å²) in [6.45, 7) is 2.05. The van der Waals surface area contributed by atoms with Gasteiger partial charge in [-0.15, -0.1) is 0 Å². The second-order valence-corrected chi connectivity index (χ2v) is 4.51. The topological polar surface area (TPSA) is 30.5 Å². The van der Waals surface area contributed by atoms with Crippen molar-refractivity contribution in [1.82, 2.24) is 5.48 Å². The Bertz CT molecular complexity index is 398. The molecule has 1 aliphatic rings. The number of nitrogens with one attached hydrogen (secondary N) is 1. The molecular weight excluding hydrogens is 249 g/mol. The van der Waals surface area contributed by atoms with Crippen LogP contribution in [0.1, 0.15) is 24.9 Å². The van der Waals surface area contributed by atoms with Crippen LogP contribution in [0.5, 0.6) is 5.75 Å². The first-order chi connectivity index (χ1) is 7.67. The van der Waals surface area contributed by atoms with E-state index >= 15 is 0 Å². The second kappa shape index (κ2) is 4.80. The minimum absolute atomic E-state index is 0.0194. The fourth-order valence-corrected chi connectivity index (χ4v) is 2.55. The molecule has 1 aromatic rings. The lowest BCUT2D eigenvalue weighted by Gasteiger charge is -2.17. The monoisotopic (exact) mass is 261 g/mol. The van der Waals surface area contributed by atoms with Crippen molar-refractivity contribution in [2.24, 2.45) is 0 Å². The van der Waals surface area contributed by atoms with Gasteiger partial charge < -0.3 is 9.57 Å². The molecule has 2 rings (SSSR count). The van der Waals surface area contributed by atoms with Crippen molar-refractivity contribution in [3.05, 3.63) is 27.7 Å². The van der Waals surface area contributed by atoms with E-state index in [4.69, 9.17) is 32.8 Å². The first-order valence-corrected chi connectivity index (χ1v) is 5.87. The van der Waals surface area contributed by atoms with E-state index in [0.29, 0.717) is 10.0 Å². The van der Waals surface area contributed by atoms with Crippen molar-refractivity contribution in [3.8, 4) is 5.75 Å². The molecule has 88 valence electrons. The molecule has 1 N–H and O–H groups in total. The van der Waals surface area contributed by atoms with Crippen molar-refractivity contribution in [1.29, 1.82) is 0 Å². The van der Waals surface area contributed by atoms with Crippen molar-refractivity contribution in [3.63, 3.8) is 0 Å². The maximum atomic E-state index is 6.17. The number of rotatable bonds is 3. The molecule has 1 aliphatic heterocycles. The van der Waals surface area contributed by atoms with Gasteiger partial charge in [-0.3, -0.25) is 0 Å². The molecule has 0 aliphatic carbocycles. The Balaban J connectivity index is 2.41. The molecule has 1 heterocycles. The largest absolute Gasteiger partial charge is 0.488 e. The van der Waals surface area contributed by atoms with Crippen molar-refractivity contribution in [2.75, 3.05) is 7.11 Å². The second-order valence-electron chi connectivity index (χ2n) is 3.66. The van der Waals surface area contributed by atoms with Gasteiger partial charge in [0.2, 0.25) is 0 Å². The molecule has 0 amide bonds. The summed E-state index contributed by atoms with van der Waals surface area (Å²) in [5.41, 5.74) is 3.83. The Morgan fingerprint density at radius 1 is 1.44 bits per heavy atom. The lowest BCUT2D eigenvalue weighted by Crippen LogP contribution is -2.29. The van der Waals surface area contributed by atoms with Crippen LogP contribution in [0.25, 0.3) is 0 Å². The average Bonchev–Trinajstić information content (AvgIpc) is 2.57. The molecule has 0 spiro atoms. The number of ether oxygens (including phenoxy) is 1. The Morgan fingerprint density at radius 3 is 2.81 bits per heavy atom. The van der Waals surface area contributed by atoms with Gasteiger partial charge in [-0.25, -0.2) is 0 Å². The summed E-state index contributed by atoms with van der Waals surface area (Å²) in [5.74, 6) is 0.735. The summed E-state index contributed by atoms with van der Waals surface area (Å²) in [7, 11) is 1.58.